The second-order valence-electron chi connectivity index (χ2n) is 9.05. The summed E-state index contributed by atoms with van der Waals surface area (Å²) in [6, 6.07) is 9.25. The molecule has 13 heteroatoms. The number of anilines is 1. The monoisotopic (exact) mass is 553 g/mol. The van der Waals surface area contributed by atoms with Crippen molar-refractivity contribution in [2.24, 2.45) is 0 Å². The topological polar surface area (TPSA) is 126 Å². The van der Waals surface area contributed by atoms with Crippen LogP contribution >= 0.6 is 0 Å². The number of nitrogen functional groups attached to an aromatic ring is 1. The molecule has 1 atom stereocenters. The van der Waals surface area contributed by atoms with E-state index in [1.54, 1.807) is 29.2 Å². The van der Waals surface area contributed by atoms with Gasteiger partial charge in [-0.25, -0.2) is 9.97 Å². The van der Waals surface area contributed by atoms with Crippen LogP contribution in [0.5, 0.6) is 11.5 Å². The molecule has 10 nitrogen and oxygen atoms in total. The Hall–Kier alpha value is -4.65. The molecule has 0 aliphatic carbocycles. The number of imidazole rings is 1. The SMILES string of the molecule is COc1cc(C(C)n2c(N)nc3cc(-c4cnn(CCO)c4)cnc32)ccc1OCc1ccc(C(F)(F)F)nc1. The van der Waals surface area contributed by atoms with Crippen LogP contribution in [0.4, 0.5) is 19.1 Å². The average molecular weight is 554 g/mol. The number of fused-ring (bicyclic) bond motifs is 1. The van der Waals surface area contributed by atoms with E-state index in [1.807, 2.05) is 29.8 Å². The van der Waals surface area contributed by atoms with Gasteiger partial charge in [0.25, 0.3) is 0 Å². The molecule has 0 bridgehead atoms. The number of rotatable bonds is 9. The summed E-state index contributed by atoms with van der Waals surface area (Å²) in [5.41, 5.74) is 9.57. The van der Waals surface area contributed by atoms with Crippen molar-refractivity contribution in [3.05, 3.63) is 78.0 Å². The van der Waals surface area contributed by atoms with Gasteiger partial charge in [-0.05, 0) is 36.8 Å². The van der Waals surface area contributed by atoms with Crippen LogP contribution in [0.3, 0.4) is 0 Å². The third-order valence-electron chi connectivity index (χ3n) is 6.42. The highest BCUT2D eigenvalue weighted by Gasteiger charge is 2.32. The maximum absolute atomic E-state index is 12.8. The van der Waals surface area contributed by atoms with E-state index in [2.05, 4.69) is 20.1 Å². The second-order valence-corrected chi connectivity index (χ2v) is 9.05. The fourth-order valence-corrected chi connectivity index (χ4v) is 4.33. The molecule has 0 saturated heterocycles. The fraction of sp³-hybridized carbons (Fsp3) is 0.259. The van der Waals surface area contributed by atoms with E-state index in [-0.39, 0.29) is 25.2 Å². The minimum atomic E-state index is -4.50. The number of aliphatic hydroxyl groups is 1. The molecule has 4 aromatic heterocycles. The van der Waals surface area contributed by atoms with Gasteiger partial charge in [0.15, 0.2) is 17.1 Å². The lowest BCUT2D eigenvalue weighted by Gasteiger charge is -2.18. The van der Waals surface area contributed by atoms with Gasteiger partial charge in [0.2, 0.25) is 5.95 Å². The number of nitrogens with two attached hydrogens (primary N) is 1. The quantitative estimate of drug-likeness (QED) is 0.274. The average Bonchev–Trinajstić information content (AvgIpc) is 3.54. The summed E-state index contributed by atoms with van der Waals surface area (Å²) >= 11 is 0. The third kappa shape index (κ3) is 5.41. The molecular weight excluding hydrogens is 527 g/mol. The molecule has 5 rings (SSSR count). The fourth-order valence-electron chi connectivity index (χ4n) is 4.33. The largest absolute Gasteiger partial charge is 0.493 e. The standard InChI is InChI=1S/C27H26F3N7O3/c1-16(37-25-21(35-26(37)31)9-19(12-33-25)20-13-34-36(14-20)7-8-38)18-4-5-22(23(10-18)39-2)40-15-17-3-6-24(32-11-17)27(28,29)30/h3-6,9-14,16,38H,7-8,15H2,1-2H3,(H2,31,35). The first kappa shape index (κ1) is 26.9. The Labute approximate surface area is 226 Å². The van der Waals surface area contributed by atoms with Crippen LogP contribution in [0.2, 0.25) is 0 Å². The zero-order valence-electron chi connectivity index (χ0n) is 21.6. The molecular formula is C27H26F3N7O3. The lowest BCUT2D eigenvalue weighted by atomic mass is 10.1. The van der Waals surface area contributed by atoms with Crippen molar-refractivity contribution in [2.75, 3.05) is 19.5 Å². The van der Waals surface area contributed by atoms with Gasteiger partial charge >= 0.3 is 6.18 Å². The predicted octanol–water partition coefficient (Wildman–Crippen LogP) is 4.48. The Bertz CT molecular complexity index is 1630. The highest BCUT2D eigenvalue weighted by atomic mass is 19.4. The van der Waals surface area contributed by atoms with Crippen LogP contribution in [0, 0.1) is 0 Å². The lowest BCUT2D eigenvalue weighted by molar-refractivity contribution is -0.141. The van der Waals surface area contributed by atoms with Gasteiger partial charge in [-0.1, -0.05) is 12.1 Å². The number of nitrogens with zero attached hydrogens (tertiary/aromatic N) is 6. The number of methoxy groups -OCH3 is 1. The van der Waals surface area contributed by atoms with E-state index in [0.29, 0.717) is 34.8 Å². The zero-order valence-corrected chi connectivity index (χ0v) is 21.6. The van der Waals surface area contributed by atoms with E-state index in [4.69, 9.17) is 20.3 Å². The molecule has 3 N–H and O–H groups in total. The minimum absolute atomic E-state index is 0.00818. The molecule has 0 aliphatic heterocycles. The summed E-state index contributed by atoms with van der Waals surface area (Å²) in [7, 11) is 1.50. The van der Waals surface area contributed by atoms with E-state index >= 15 is 0 Å². The highest BCUT2D eigenvalue weighted by Crippen LogP contribution is 2.35. The Kier molecular flexibility index (Phi) is 7.30. The molecule has 0 spiro atoms. The molecule has 4 heterocycles. The molecule has 0 fully saturated rings. The Morgan fingerprint density at radius 3 is 2.55 bits per heavy atom. The summed E-state index contributed by atoms with van der Waals surface area (Å²) in [6.45, 7) is 2.36. The van der Waals surface area contributed by atoms with Crippen LogP contribution in [0.15, 0.2) is 61.2 Å². The third-order valence-corrected chi connectivity index (χ3v) is 6.42. The molecule has 0 saturated carbocycles. The van der Waals surface area contributed by atoms with Gasteiger partial charge in [-0.2, -0.15) is 18.3 Å². The number of alkyl halides is 3. The first-order valence-electron chi connectivity index (χ1n) is 12.3. The van der Waals surface area contributed by atoms with E-state index in [0.717, 1.165) is 29.0 Å². The smallest absolute Gasteiger partial charge is 0.433 e. The van der Waals surface area contributed by atoms with Gasteiger partial charge in [0, 0.05) is 35.3 Å². The Morgan fingerprint density at radius 1 is 1.02 bits per heavy atom. The Morgan fingerprint density at radius 2 is 1.85 bits per heavy atom. The van der Waals surface area contributed by atoms with Crippen LogP contribution in [-0.4, -0.2) is 48.1 Å². The van der Waals surface area contributed by atoms with E-state index in [9.17, 15) is 13.2 Å². The maximum Gasteiger partial charge on any atom is 0.433 e. The second kappa shape index (κ2) is 10.8. The summed E-state index contributed by atoms with van der Waals surface area (Å²) in [5, 5.41) is 13.4. The molecule has 5 aromatic rings. The van der Waals surface area contributed by atoms with Crippen LogP contribution in [0.25, 0.3) is 22.3 Å². The van der Waals surface area contributed by atoms with Crippen molar-refractivity contribution < 1.29 is 27.8 Å². The number of benzene rings is 1. The number of ether oxygens (including phenoxy) is 2. The summed E-state index contributed by atoms with van der Waals surface area (Å²) in [4.78, 5) is 12.6. The van der Waals surface area contributed by atoms with Crippen LogP contribution in [-0.2, 0) is 19.3 Å². The molecule has 0 radical (unpaired) electrons. The summed E-state index contributed by atoms with van der Waals surface area (Å²) in [6.07, 6.45) is 1.89. The molecule has 208 valence electrons. The van der Waals surface area contributed by atoms with Crippen LogP contribution < -0.4 is 15.2 Å². The van der Waals surface area contributed by atoms with Crippen molar-refractivity contribution in [1.82, 2.24) is 29.3 Å². The van der Waals surface area contributed by atoms with Gasteiger partial charge in [-0.3, -0.25) is 14.2 Å². The molecule has 40 heavy (non-hydrogen) atoms. The van der Waals surface area contributed by atoms with Crippen molar-refractivity contribution in [3.63, 3.8) is 0 Å². The van der Waals surface area contributed by atoms with E-state index in [1.165, 1.54) is 13.2 Å². The molecule has 0 amide bonds. The summed E-state index contributed by atoms with van der Waals surface area (Å²) < 4.78 is 53.1. The number of aliphatic hydroxyl groups excluding tert-OH is 1. The first-order valence-corrected chi connectivity index (χ1v) is 12.3. The van der Waals surface area contributed by atoms with Gasteiger partial charge in [0.05, 0.1) is 32.5 Å². The lowest BCUT2D eigenvalue weighted by Crippen LogP contribution is -2.11. The molecule has 0 aliphatic rings. The Balaban J connectivity index is 1.36. The first-order chi connectivity index (χ1) is 19.2. The van der Waals surface area contributed by atoms with Gasteiger partial charge in [0.1, 0.15) is 17.8 Å². The van der Waals surface area contributed by atoms with Gasteiger partial charge < -0.3 is 20.3 Å². The van der Waals surface area contributed by atoms with Crippen molar-refractivity contribution in [3.8, 4) is 22.6 Å². The maximum atomic E-state index is 12.8. The predicted molar refractivity (Wildman–Crippen MR) is 141 cm³/mol. The van der Waals surface area contributed by atoms with Crippen molar-refractivity contribution in [2.45, 2.75) is 32.3 Å². The highest BCUT2D eigenvalue weighted by molar-refractivity contribution is 5.80. The summed E-state index contributed by atoms with van der Waals surface area (Å²) in [5.74, 6) is 1.16. The van der Waals surface area contributed by atoms with Crippen molar-refractivity contribution >= 4 is 17.1 Å². The molecule has 1 aromatic carbocycles. The number of halogens is 3. The normalized spacial score (nSPS) is 12.6. The zero-order chi connectivity index (χ0) is 28.4. The van der Waals surface area contributed by atoms with Crippen molar-refractivity contribution in [1.29, 1.82) is 0 Å². The minimum Gasteiger partial charge on any atom is -0.493 e. The number of aromatic nitrogens is 6. The van der Waals surface area contributed by atoms with E-state index < -0.39 is 11.9 Å². The number of pyridine rings is 2. The van der Waals surface area contributed by atoms with Crippen LogP contribution in [0.1, 0.15) is 29.8 Å². The van der Waals surface area contributed by atoms with Gasteiger partial charge in [-0.15, -0.1) is 0 Å². The number of hydrogen-bond acceptors (Lipinski definition) is 8. The number of hydrogen-bond donors (Lipinski definition) is 2. The molecule has 1 unspecified atom stereocenters.